The second-order valence-electron chi connectivity index (χ2n) is 4.89. The molecule has 0 aromatic heterocycles. The molecule has 0 saturated carbocycles. The molecule has 0 amide bonds. The summed E-state index contributed by atoms with van der Waals surface area (Å²) in [5.74, 6) is -0.155. The van der Waals surface area contributed by atoms with Crippen LogP contribution in [0.4, 0.5) is 15.8 Å². The van der Waals surface area contributed by atoms with Crippen LogP contribution in [0.2, 0.25) is 0 Å². The number of nitrogen functional groups attached to an aromatic ring is 1. The maximum atomic E-state index is 13.7. The Morgan fingerprint density at radius 3 is 2.33 bits per heavy atom. The molecule has 0 aliphatic heterocycles. The Balaban J connectivity index is 3.19. The lowest BCUT2D eigenvalue weighted by atomic mass is 10.2. The zero-order valence-electron chi connectivity index (χ0n) is 11.8. The molecule has 1 aromatic carbocycles. The van der Waals surface area contributed by atoms with Crippen LogP contribution in [0.3, 0.4) is 0 Å². The molecule has 0 unspecified atom stereocenters. The van der Waals surface area contributed by atoms with Crippen molar-refractivity contribution in [2.24, 2.45) is 0 Å². The van der Waals surface area contributed by atoms with Crippen LogP contribution in [0, 0.1) is 5.82 Å². The fraction of sp³-hybridized carbons (Fsp3) is 0.571. The second kappa shape index (κ2) is 5.94. The summed E-state index contributed by atoms with van der Waals surface area (Å²) in [6.45, 7) is 10.8. The molecular formula is C14H23FN2O. The summed E-state index contributed by atoms with van der Waals surface area (Å²) in [4.78, 5) is 2.11. The summed E-state index contributed by atoms with van der Waals surface area (Å²) in [6.07, 6.45) is -0.0647. The minimum Gasteiger partial charge on any atom is -0.488 e. The van der Waals surface area contributed by atoms with E-state index in [0.717, 1.165) is 12.2 Å². The van der Waals surface area contributed by atoms with Gasteiger partial charge in [-0.25, -0.2) is 4.39 Å². The first-order valence-electron chi connectivity index (χ1n) is 6.39. The van der Waals surface area contributed by atoms with Crippen LogP contribution in [0.15, 0.2) is 12.1 Å². The van der Waals surface area contributed by atoms with Crippen molar-refractivity contribution in [1.29, 1.82) is 0 Å². The van der Waals surface area contributed by atoms with E-state index < -0.39 is 5.82 Å². The van der Waals surface area contributed by atoms with Crippen molar-refractivity contribution in [2.75, 3.05) is 17.2 Å². The van der Waals surface area contributed by atoms with Crippen molar-refractivity contribution >= 4 is 11.4 Å². The Kier molecular flexibility index (Phi) is 4.82. The van der Waals surface area contributed by atoms with Gasteiger partial charge in [0.25, 0.3) is 0 Å². The quantitative estimate of drug-likeness (QED) is 0.818. The number of hydrogen-bond donors (Lipinski definition) is 1. The van der Waals surface area contributed by atoms with E-state index in [-0.39, 0.29) is 11.9 Å². The molecular weight excluding hydrogens is 231 g/mol. The molecule has 0 heterocycles. The Bertz CT molecular complexity index is 405. The fourth-order valence-electron chi connectivity index (χ4n) is 1.96. The Labute approximate surface area is 109 Å². The SMILES string of the molecule is CCN(c1cc(OC(C)C)c(F)cc1N)C(C)C. The molecule has 0 aliphatic carbocycles. The van der Waals surface area contributed by atoms with Gasteiger partial charge in [0.2, 0.25) is 0 Å². The van der Waals surface area contributed by atoms with Crippen LogP contribution in [-0.4, -0.2) is 18.7 Å². The minimum absolute atomic E-state index is 0.0647. The van der Waals surface area contributed by atoms with Crippen LogP contribution in [0.1, 0.15) is 34.6 Å². The standard InChI is InChI=1S/C14H23FN2O/c1-6-17(9(2)3)13-8-14(18-10(4)5)11(15)7-12(13)16/h7-10H,6,16H2,1-5H3. The van der Waals surface area contributed by atoms with Gasteiger partial charge in [0.1, 0.15) is 0 Å². The van der Waals surface area contributed by atoms with E-state index in [1.54, 1.807) is 6.07 Å². The third-order valence-corrected chi connectivity index (χ3v) is 2.72. The predicted molar refractivity (Wildman–Crippen MR) is 74.7 cm³/mol. The van der Waals surface area contributed by atoms with E-state index >= 15 is 0 Å². The summed E-state index contributed by atoms with van der Waals surface area (Å²) in [5, 5.41) is 0. The van der Waals surface area contributed by atoms with Crippen molar-refractivity contribution < 1.29 is 9.13 Å². The van der Waals surface area contributed by atoms with Crippen molar-refractivity contribution in [3.05, 3.63) is 17.9 Å². The smallest absolute Gasteiger partial charge is 0.167 e. The van der Waals surface area contributed by atoms with Gasteiger partial charge >= 0.3 is 0 Å². The Morgan fingerprint density at radius 2 is 1.89 bits per heavy atom. The predicted octanol–water partition coefficient (Wildman–Crippen LogP) is 3.43. The fourth-order valence-corrected chi connectivity index (χ4v) is 1.96. The van der Waals surface area contributed by atoms with Gasteiger partial charge in [-0.15, -0.1) is 0 Å². The minimum atomic E-state index is -0.412. The van der Waals surface area contributed by atoms with Gasteiger partial charge in [0.15, 0.2) is 11.6 Å². The van der Waals surface area contributed by atoms with E-state index in [1.165, 1.54) is 6.07 Å². The summed E-state index contributed by atoms with van der Waals surface area (Å²) in [7, 11) is 0. The lowest BCUT2D eigenvalue weighted by Crippen LogP contribution is -2.31. The number of rotatable bonds is 5. The van der Waals surface area contributed by atoms with Gasteiger partial charge in [0.05, 0.1) is 17.5 Å². The molecule has 0 radical (unpaired) electrons. The highest BCUT2D eigenvalue weighted by Gasteiger charge is 2.16. The zero-order chi connectivity index (χ0) is 13.9. The highest BCUT2D eigenvalue weighted by molar-refractivity contribution is 5.70. The molecule has 0 saturated heterocycles. The van der Waals surface area contributed by atoms with Gasteiger partial charge in [-0.3, -0.25) is 0 Å². The first-order valence-corrected chi connectivity index (χ1v) is 6.39. The van der Waals surface area contributed by atoms with Crippen molar-refractivity contribution in [3.63, 3.8) is 0 Å². The normalized spacial score (nSPS) is 11.1. The Hall–Kier alpha value is -1.45. The lowest BCUT2D eigenvalue weighted by molar-refractivity contribution is 0.231. The van der Waals surface area contributed by atoms with Crippen LogP contribution in [0.25, 0.3) is 0 Å². The maximum Gasteiger partial charge on any atom is 0.167 e. The number of anilines is 2. The molecule has 0 fully saturated rings. The van der Waals surface area contributed by atoms with Gasteiger partial charge in [-0.1, -0.05) is 0 Å². The topological polar surface area (TPSA) is 38.5 Å². The molecule has 1 aromatic rings. The van der Waals surface area contributed by atoms with E-state index in [9.17, 15) is 4.39 Å². The van der Waals surface area contributed by atoms with Crippen LogP contribution >= 0.6 is 0 Å². The molecule has 0 bridgehead atoms. The Morgan fingerprint density at radius 1 is 1.28 bits per heavy atom. The summed E-state index contributed by atoms with van der Waals surface area (Å²) in [5.41, 5.74) is 7.17. The number of hydrogen-bond acceptors (Lipinski definition) is 3. The van der Waals surface area contributed by atoms with E-state index in [4.69, 9.17) is 10.5 Å². The first-order chi connectivity index (χ1) is 8.36. The monoisotopic (exact) mass is 254 g/mol. The molecule has 18 heavy (non-hydrogen) atoms. The highest BCUT2D eigenvalue weighted by Crippen LogP contribution is 2.32. The molecule has 1 rings (SSSR count). The molecule has 0 aliphatic rings. The molecule has 102 valence electrons. The third-order valence-electron chi connectivity index (χ3n) is 2.72. The number of halogens is 1. The van der Waals surface area contributed by atoms with Crippen LogP contribution in [0.5, 0.6) is 5.75 Å². The number of ether oxygens (including phenoxy) is 1. The zero-order valence-corrected chi connectivity index (χ0v) is 11.8. The van der Waals surface area contributed by atoms with E-state index in [1.807, 2.05) is 20.8 Å². The van der Waals surface area contributed by atoms with Crippen molar-refractivity contribution in [1.82, 2.24) is 0 Å². The van der Waals surface area contributed by atoms with Gasteiger partial charge in [-0.2, -0.15) is 0 Å². The molecule has 3 nitrogen and oxygen atoms in total. The number of benzene rings is 1. The molecule has 0 atom stereocenters. The van der Waals surface area contributed by atoms with Gasteiger partial charge in [-0.05, 0) is 34.6 Å². The molecule has 0 spiro atoms. The average molecular weight is 254 g/mol. The summed E-state index contributed by atoms with van der Waals surface area (Å²) >= 11 is 0. The van der Waals surface area contributed by atoms with Crippen LogP contribution in [-0.2, 0) is 0 Å². The van der Waals surface area contributed by atoms with Crippen molar-refractivity contribution in [2.45, 2.75) is 46.8 Å². The van der Waals surface area contributed by atoms with Gasteiger partial charge in [0, 0.05) is 24.7 Å². The van der Waals surface area contributed by atoms with E-state index in [2.05, 4.69) is 18.7 Å². The lowest BCUT2D eigenvalue weighted by Gasteiger charge is -2.29. The first kappa shape index (κ1) is 14.6. The van der Waals surface area contributed by atoms with E-state index in [0.29, 0.717) is 11.7 Å². The third kappa shape index (κ3) is 3.28. The number of nitrogens with two attached hydrogens (primary N) is 1. The molecule has 2 N–H and O–H groups in total. The second-order valence-corrected chi connectivity index (χ2v) is 4.89. The van der Waals surface area contributed by atoms with Crippen LogP contribution < -0.4 is 15.4 Å². The average Bonchev–Trinajstić information content (AvgIpc) is 2.24. The maximum absolute atomic E-state index is 13.7. The largest absolute Gasteiger partial charge is 0.488 e. The van der Waals surface area contributed by atoms with Crippen molar-refractivity contribution in [3.8, 4) is 5.75 Å². The number of nitrogens with zero attached hydrogens (tertiary/aromatic N) is 1. The summed E-state index contributed by atoms with van der Waals surface area (Å²) in [6, 6.07) is 3.32. The molecule has 4 heteroatoms. The van der Waals surface area contributed by atoms with Gasteiger partial charge < -0.3 is 15.4 Å². The summed E-state index contributed by atoms with van der Waals surface area (Å²) < 4.78 is 19.2. The highest BCUT2D eigenvalue weighted by atomic mass is 19.1.